The molecule has 0 aliphatic rings. The number of nitrogens with two attached hydrogens (primary N) is 1. The molecule has 0 heterocycles. The number of hydrogen-bond acceptors (Lipinski definition) is 3. The summed E-state index contributed by atoms with van der Waals surface area (Å²) in [6.07, 6.45) is 18.9. The summed E-state index contributed by atoms with van der Waals surface area (Å²) in [6, 6.07) is 0. The number of amides is 2. The second kappa shape index (κ2) is 26.2. The summed E-state index contributed by atoms with van der Waals surface area (Å²) < 4.78 is 1.06. The van der Waals surface area contributed by atoms with Gasteiger partial charge in [0.25, 0.3) is 0 Å². The lowest BCUT2D eigenvalue weighted by atomic mass is 10.1. The fourth-order valence-corrected chi connectivity index (χ4v) is 3.83. The Bertz CT molecular complexity index is 619. The SMILES string of the molecule is C/C(=C\CCCN(C)C)C(N)=O.C=C(C)C(=O)NCCC[N+](C)(C)CCCCCCCCCCCC.[Cl-]. The minimum absolute atomic E-state index is 0. The molecule has 0 saturated heterocycles. The van der Waals surface area contributed by atoms with Gasteiger partial charge in [-0.2, -0.15) is 0 Å². The van der Waals surface area contributed by atoms with E-state index in [9.17, 15) is 9.59 Å². The third kappa shape index (κ3) is 30.7. The number of allylic oxidation sites excluding steroid dienone is 1. The van der Waals surface area contributed by atoms with Gasteiger partial charge in [0.05, 0.1) is 27.2 Å². The van der Waals surface area contributed by atoms with Crippen LogP contribution in [-0.2, 0) is 9.59 Å². The van der Waals surface area contributed by atoms with Gasteiger partial charge in [0.2, 0.25) is 11.8 Å². The van der Waals surface area contributed by atoms with Crippen LogP contribution in [0.3, 0.4) is 0 Å². The summed E-state index contributed by atoms with van der Waals surface area (Å²) in [6.45, 7) is 13.6. The van der Waals surface area contributed by atoms with E-state index in [0.717, 1.165) is 43.4 Å². The van der Waals surface area contributed by atoms with Crippen LogP contribution in [-0.4, -0.2) is 75.6 Å². The van der Waals surface area contributed by atoms with E-state index in [1.54, 1.807) is 13.8 Å². The number of halogens is 1. The molecule has 0 radical (unpaired) electrons. The summed E-state index contributed by atoms with van der Waals surface area (Å²) in [5.74, 6) is -0.338. The average Bonchev–Trinajstić information content (AvgIpc) is 2.80. The van der Waals surface area contributed by atoms with E-state index >= 15 is 0 Å². The summed E-state index contributed by atoms with van der Waals surface area (Å²) in [5, 5.41) is 2.91. The Morgan fingerprint density at radius 3 is 1.81 bits per heavy atom. The smallest absolute Gasteiger partial charge is 0.246 e. The molecule has 3 N–H and O–H groups in total. The zero-order valence-corrected chi connectivity index (χ0v) is 26.2. The standard InChI is InChI=1S/C21H42N2O.C9H18N2O.ClH/c1-6-7-8-9-10-11-12-13-14-15-18-23(4,5)19-16-17-22-21(24)20(2)3;1-8(9(10)12)6-4-5-7-11(2)3;/h2,6-19H2,1,3-5H3;6H,4-5,7H2,1-3H3,(H2,10,12);1H/b;8-6+;. The Kier molecular flexibility index (Phi) is 28.5. The van der Waals surface area contributed by atoms with E-state index in [1.165, 1.54) is 70.8 Å². The lowest BCUT2D eigenvalue weighted by Crippen LogP contribution is -3.00. The quantitative estimate of drug-likeness (QED) is 0.132. The molecule has 0 unspecified atom stereocenters. The maximum Gasteiger partial charge on any atom is 0.246 e. The monoisotopic (exact) mass is 544 g/mol. The van der Waals surface area contributed by atoms with Crippen molar-refractivity contribution in [1.29, 1.82) is 0 Å². The summed E-state index contributed by atoms with van der Waals surface area (Å²) in [5.41, 5.74) is 6.31. The number of rotatable bonds is 21. The number of carbonyl (C=O) groups is 2. The molecule has 7 heteroatoms. The Morgan fingerprint density at radius 1 is 0.865 bits per heavy atom. The Hall–Kier alpha value is -1.37. The lowest BCUT2D eigenvalue weighted by molar-refractivity contribution is -0.890. The highest BCUT2D eigenvalue weighted by atomic mass is 35.5. The first-order chi connectivity index (χ1) is 16.9. The van der Waals surface area contributed by atoms with Crippen molar-refractivity contribution in [1.82, 2.24) is 10.2 Å². The summed E-state index contributed by atoms with van der Waals surface area (Å²) in [7, 11) is 8.66. The molecule has 0 aromatic rings. The van der Waals surface area contributed by atoms with Crippen LogP contribution in [0.1, 0.15) is 104 Å². The minimum Gasteiger partial charge on any atom is -1.00 e. The molecule has 37 heavy (non-hydrogen) atoms. The first-order valence-corrected chi connectivity index (χ1v) is 14.3. The number of primary amides is 1. The third-order valence-corrected chi connectivity index (χ3v) is 6.38. The Balaban J connectivity index is -0.000000751. The second-order valence-corrected chi connectivity index (χ2v) is 11.2. The van der Waals surface area contributed by atoms with Gasteiger partial charge in [-0.15, -0.1) is 0 Å². The van der Waals surface area contributed by atoms with Crippen molar-refractivity contribution in [3.8, 4) is 0 Å². The molecule has 0 atom stereocenters. The second-order valence-electron chi connectivity index (χ2n) is 11.2. The van der Waals surface area contributed by atoms with E-state index < -0.39 is 0 Å². The van der Waals surface area contributed by atoms with Gasteiger partial charge in [0.1, 0.15) is 0 Å². The summed E-state index contributed by atoms with van der Waals surface area (Å²) >= 11 is 0. The average molecular weight is 545 g/mol. The first-order valence-electron chi connectivity index (χ1n) is 14.3. The molecule has 2 amide bonds. The number of quaternary nitrogens is 1. The fraction of sp³-hybridized carbons (Fsp3) is 0.800. The van der Waals surface area contributed by atoms with Gasteiger partial charge in [-0.3, -0.25) is 9.59 Å². The van der Waals surface area contributed by atoms with Crippen LogP contribution in [0.15, 0.2) is 23.8 Å². The van der Waals surface area contributed by atoms with Crippen molar-refractivity contribution < 1.29 is 26.5 Å². The predicted octanol–water partition coefficient (Wildman–Crippen LogP) is 2.83. The van der Waals surface area contributed by atoms with E-state index in [1.807, 2.05) is 20.2 Å². The highest BCUT2D eigenvalue weighted by molar-refractivity contribution is 5.92. The van der Waals surface area contributed by atoms with Crippen LogP contribution in [0.25, 0.3) is 0 Å². The number of unbranched alkanes of at least 4 members (excludes halogenated alkanes) is 10. The lowest BCUT2D eigenvalue weighted by Gasteiger charge is -2.30. The van der Waals surface area contributed by atoms with Crippen LogP contribution < -0.4 is 23.5 Å². The molecule has 0 aliphatic carbocycles. The first kappa shape index (κ1) is 40.1. The maximum absolute atomic E-state index is 11.4. The van der Waals surface area contributed by atoms with Crippen LogP contribution in [0, 0.1) is 0 Å². The van der Waals surface area contributed by atoms with Gasteiger partial charge < -0.3 is 32.8 Å². The van der Waals surface area contributed by atoms with Crippen LogP contribution in [0.2, 0.25) is 0 Å². The van der Waals surface area contributed by atoms with Crippen LogP contribution >= 0.6 is 0 Å². The Labute approximate surface area is 236 Å². The van der Waals surface area contributed by atoms with E-state index in [-0.39, 0.29) is 24.2 Å². The zero-order chi connectivity index (χ0) is 27.8. The molecule has 220 valence electrons. The molecule has 0 aliphatic heterocycles. The number of carbonyl (C=O) groups excluding carboxylic acids is 2. The molecule has 6 nitrogen and oxygen atoms in total. The molecule has 0 fully saturated rings. The van der Waals surface area contributed by atoms with Gasteiger partial charge >= 0.3 is 0 Å². The van der Waals surface area contributed by atoms with Crippen molar-refractivity contribution in [2.24, 2.45) is 5.73 Å². The Morgan fingerprint density at radius 2 is 1.35 bits per heavy atom. The van der Waals surface area contributed by atoms with Crippen molar-refractivity contribution in [2.75, 3.05) is 54.4 Å². The van der Waals surface area contributed by atoms with E-state index in [0.29, 0.717) is 11.1 Å². The maximum atomic E-state index is 11.4. The third-order valence-electron chi connectivity index (χ3n) is 6.38. The molecular weight excluding hydrogens is 484 g/mol. The van der Waals surface area contributed by atoms with Crippen molar-refractivity contribution in [2.45, 2.75) is 104 Å². The number of nitrogens with one attached hydrogen (secondary N) is 1. The van der Waals surface area contributed by atoms with Crippen molar-refractivity contribution >= 4 is 11.8 Å². The van der Waals surface area contributed by atoms with E-state index in [4.69, 9.17) is 5.73 Å². The fourth-order valence-electron chi connectivity index (χ4n) is 3.83. The molecule has 0 aromatic heterocycles. The topological polar surface area (TPSA) is 75.4 Å². The van der Waals surface area contributed by atoms with Gasteiger partial charge in [0.15, 0.2) is 0 Å². The van der Waals surface area contributed by atoms with Crippen molar-refractivity contribution in [3.05, 3.63) is 23.8 Å². The normalized spacial score (nSPS) is 11.4. The van der Waals surface area contributed by atoms with Crippen LogP contribution in [0.5, 0.6) is 0 Å². The van der Waals surface area contributed by atoms with Gasteiger partial charge in [-0.05, 0) is 60.2 Å². The molecule has 0 spiro atoms. The van der Waals surface area contributed by atoms with E-state index in [2.05, 4.69) is 37.8 Å². The number of nitrogens with zero attached hydrogens (tertiary/aromatic N) is 2. The minimum atomic E-state index is -0.320. The molecule has 0 aromatic carbocycles. The van der Waals surface area contributed by atoms with Gasteiger partial charge in [0, 0.05) is 24.1 Å². The highest BCUT2D eigenvalue weighted by Crippen LogP contribution is 2.12. The van der Waals surface area contributed by atoms with Crippen LogP contribution in [0.4, 0.5) is 0 Å². The predicted molar refractivity (Wildman–Crippen MR) is 157 cm³/mol. The molecule has 0 bridgehead atoms. The van der Waals surface area contributed by atoms with Crippen molar-refractivity contribution in [3.63, 3.8) is 0 Å². The summed E-state index contributed by atoms with van der Waals surface area (Å²) in [4.78, 5) is 24.1. The molecular formula is C30H61ClN4O2. The molecule has 0 rings (SSSR count). The zero-order valence-electron chi connectivity index (χ0n) is 25.5. The van der Waals surface area contributed by atoms with Gasteiger partial charge in [-0.25, -0.2) is 0 Å². The molecule has 0 saturated carbocycles. The highest BCUT2D eigenvalue weighted by Gasteiger charge is 2.14. The number of hydrogen-bond donors (Lipinski definition) is 2. The van der Waals surface area contributed by atoms with Gasteiger partial charge in [-0.1, -0.05) is 70.9 Å². The largest absolute Gasteiger partial charge is 1.00 e.